The summed E-state index contributed by atoms with van der Waals surface area (Å²) < 4.78 is 5.23. The quantitative estimate of drug-likeness (QED) is 0.905. The molecule has 2 aromatic heterocycles. The van der Waals surface area contributed by atoms with Crippen molar-refractivity contribution in [3.63, 3.8) is 0 Å². The molecule has 1 aliphatic heterocycles. The Kier molecular flexibility index (Phi) is 4.55. The summed E-state index contributed by atoms with van der Waals surface area (Å²) in [5, 5.41) is 3.16. The van der Waals surface area contributed by atoms with Gasteiger partial charge in [-0.3, -0.25) is 9.78 Å². The molecule has 1 saturated heterocycles. The molecule has 0 aromatic carbocycles. The van der Waals surface area contributed by atoms with Crippen LogP contribution in [-0.2, 0) is 11.3 Å². The van der Waals surface area contributed by atoms with Crippen LogP contribution >= 0.6 is 0 Å². The van der Waals surface area contributed by atoms with E-state index in [1.54, 1.807) is 23.5 Å². The monoisotopic (exact) mass is 299 g/mol. The van der Waals surface area contributed by atoms with Gasteiger partial charge in [-0.05, 0) is 17.7 Å². The van der Waals surface area contributed by atoms with Gasteiger partial charge in [0.05, 0.1) is 25.6 Å². The summed E-state index contributed by atoms with van der Waals surface area (Å²) in [4.78, 5) is 26.4. The van der Waals surface area contributed by atoms with E-state index in [0.29, 0.717) is 44.4 Å². The van der Waals surface area contributed by atoms with Crippen molar-refractivity contribution in [2.75, 3.05) is 31.6 Å². The maximum Gasteiger partial charge on any atom is 0.274 e. The average molecular weight is 299 g/mol. The number of aromatic nitrogens is 3. The summed E-state index contributed by atoms with van der Waals surface area (Å²) in [6, 6.07) is 3.85. The van der Waals surface area contributed by atoms with E-state index >= 15 is 0 Å². The minimum atomic E-state index is -0.100. The molecule has 0 spiro atoms. The first kappa shape index (κ1) is 14.4. The van der Waals surface area contributed by atoms with E-state index in [1.165, 1.54) is 6.20 Å². The fourth-order valence-electron chi connectivity index (χ4n) is 2.15. The zero-order valence-corrected chi connectivity index (χ0v) is 12.1. The molecule has 2 aromatic rings. The van der Waals surface area contributed by atoms with Crippen LogP contribution in [0, 0.1) is 0 Å². The predicted octanol–water partition coefficient (Wildman–Crippen LogP) is 0.956. The maximum atomic E-state index is 12.2. The van der Waals surface area contributed by atoms with E-state index in [1.807, 2.05) is 12.1 Å². The molecule has 7 nitrogen and oxygen atoms in total. The van der Waals surface area contributed by atoms with Gasteiger partial charge in [0.25, 0.3) is 5.91 Å². The largest absolute Gasteiger partial charge is 0.378 e. The first-order chi connectivity index (χ1) is 10.8. The molecule has 114 valence electrons. The van der Waals surface area contributed by atoms with Gasteiger partial charge in [0.15, 0.2) is 0 Å². The number of carbonyl (C=O) groups excluding carboxylic acids is 1. The third-order valence-electron chi connectivity index (χ3n) is 3.39. The summed E-state index contributed by atoms with van der Waals surface area (Å²) >= 11 is 0. The van der Waals surface area contributed by atoms with Gasteiger partial charge in [-0.1, -0.05) is 0 Å². The van der Waals surface area contributed by atoms with Crippen molar-refractivity contribution in [1.82, 2.24) is 19.9 Å². The lowest BCUT2D eigenvalue weighted by Crippen LogP contribution is -2.41. The standard InChI is InChI=1S/C15H17N5O2/c21-15(20-5-7-22-8-6-20)13-10-19-14(11-17-13)18-9-12-1-3-16-4-2-12/h1-4,10-11H,5-9H2,(H,18,19). The highest BCUT2D eigenvalue weighted by atomic mass is 16.5. The fourth-order valence-corrected chi connectivity index (χ4v) is 2.15. The number of carbonyl (C=O) groups is 1. The van der Waals surface area contributed by atoms with Crippen molar-refractivity contribution in [1.29, 1.82) is 0 Å². The lowest BCUT2D eigenvalue weighted by Gasteiger charge is -2.26. The molecule has 0 saturated carbocycles. The van der Waals surface area contributed by atoms with Gasteiger partial charge in [-0.25, -0.2) is 9.97 Å². The molecule has 0 bridgehead atoms. The Balaban J connectivity index is 1.59. The Morgan fingerprint density at radius 1 is 1.18 bits per heavy atom. The van der Waals surface area contributed by atoms with Gasteiger partial charge >= 0.3 is 0 Å². The first-order valence-electron chi connectivity index (χ1n) is 7.15. The molecule has 1 fully saturated rings. The second-order valence-electron chi connectivity index (χ2n) is 4.90. The van der Waals surface area contributed by atoms with Gasteiger partial charge in [0.2, 0.25) is 0 Å². The van der Waals surface area contributed by atoms with E-state index in [9.17, 15) is 4.79 Å². The normalized spacial score (nSPS) is 14.6. The van der Waals surface area contributed by atoms with E-state index in [-0.39, 0.29) is 5.91 Å². The molecule has 0 aliphatic carbocycles. The molecule has 0 atom stereocenters. The highest BCUT2D eigenvalue weighted by molar-refractivity contribution is 5.92. The zero-order valence-electron chi connectivity index (χ0n) is 12.1. The Hall–Kier alpha value is -2.54. The minimum Gasteiger partial charge on any atom is -0.378 e. The number of hydrogen-bond donors (Lipinski definition) is 1. The number of amides is 1. The number of anilines is 1. The summed E-state index contributed by atoms with van der Waals surface area (Å²) in [5.41, 5.74) is 1.46. The van der Waals surface area contributed by atoms with Gasteiger partial charge in [-0.15, -0.1) is 0 Å². The van der Waals surface area contributed by atoms with Crippen LogP contribution in [0.25, 0.3) is 0 Å². The zero-order chi connectivity index (χ0) is 15.2. The number of hydrogen-bond acceptors (Lipinski definition) is 6. The fraction of sp³-hybridized carbons (Fsp3) is 0.333. The van der Waals surface area contributed by atoms with Crippen LogP contribution in [0.15, 0.2) is 36.9 Å². The Labute approximate surface area is 128 Å². The summed E-state index contributed by atoms with van der Waals surface area (Å²) in [7, 11) is 0. The van der Waals surface area contributed by atoms with Crippen LogP contribution < -0.4 is 5.32 Å². The molecule has 1 aliphatic rings. The van der Waals surface area contributed by atoms with Gasteiger partial charge in [0, 0.05) is 32.0 Å². The summed E-state index contributed by atoms with van der Waals surface area (Å²) in [5.74, 6) is 0.534. The van der Waals surface area contributed by atoms with Gasteiger partial charge < -0.3 is 15.0 Å². The van der Waals surface area contributed by atoms with E-state index in [0.717, 1.165) is 5.56 Å². The lowest BCUT2D eigenvalue weighted by atomic mass is 10.3. The number of nitrogens with one attached hydrogen (secondary N) is 1. The van der Waals surface area contributed by atoms with Crippen molar-refractivity contribution in [3.05, 3.63) is 48.2 Å². The second kappa shape index (κ2) is 6.95. The minimum absolute atomic E-state index is 0.100. The van der Waals surface area contributed by atoms with Crippen molar-refractivity contribution in [2.24, 2.45) is 0 Å². The highest BCUT2D eigenvalue weighted by Crippen LogP contribution is 2.08. The van der Waals surface area contributed by atoms with Gasteiger partial charge in [0.1, 0.15) is 11.5 Å². The average Bonchev–Trinajstić information content (AvgIpc) is 2.61. The van der Waals surface area contributed by atoms with Crippen molar-refractivity contribution in [3.8, 4) is 0 Å². The molecule has 3 heterocycles. The number of ether oxygens (including phenoxy) is 1. The number of pyridine rings is 1. The lowest BCUT2D eigenvalue weighted by molar-refractivity contribution is 0.0298. The molecule has 0 radical (unpaired) electrons. The second-order valence-corrected chi connectivity index (χ2v) is 4.90. The Morgan fingerprint density at radius 3 is 2.64 bits per heavy atom. The van der Waals surface area contributed by atoms with Crippen LogP contribution in [0.5, 0.6) is 0 Å². The Morgan fingerprint density at radius 2 is 1.95 bits per heavy atom. The predicted molar refractivity (Wildman–Crippen MR) is 80.3 cm³/mol. The molecule has 1 N–H and O–H groups in total. The summed E-state index contributed by atoms with van der Waals surface area (Å²) in [6.07, 6.45) is 6.57. The van der Waals surface area contributed by atoms with Crippen LogP contribution in [0.4, 0.5) is 5.82 Å². The van der Waals surface area contributed by atoms with Crippen LogP contribution in [-0.4, -0.2) is 52.1 Å². The number of rotatable bonds is 4. The van der Waals surface area contributed by atoms with E-state index in [4.69, 9.17) is 4.74 Å². The molecule has 7 heteroatoms. The van der Waals surface area contributed by atoms with E-state index < -0.39 is 0 Å². The molecular weight excluding hydrogens is 282 g/mol. The third kappa shape index (κ3) is 3.56. The molecule has 1 amide bonds. The first-order valence-corrected chi connectivity index (χ1v) is 7.15. The van der Waals surface area contributed by atoms with Gasteiger partial charge in [-0.2, -0.15) is 0 Å². The maximum absolute atomic E-state index is 12.2. The smallest absolute Gasteiger partial charge is 0.274 e. The SMILES string of the molecule is O=C(c1cnc(NCc2ccncc2)cn1)N1CCOCC1. The third-order valence-corrected chi connectivity index (χ3v) is 3.39. The number of morpholine rings is 1. The van der Waals surface area contributed by atoms with Crippen molar-refractivity contribution < 1.29 is 9.53 Å². The van der Waals surface area contributed by atoms with E-state index in [2.05, 4.69) is 20.3 Å². The van der Waals surface area contributed by atoms with Crippen LogP contribution in [0.3, 0.4) is 0 Å². The molecular formula is C15H17N5O2. The molecule has 0 unspecified atom stereocenters. The Bertz CT molecular complexity index is 612. The van der Waals surface area contributed by atoms with Crippen LogP contribution in [0.2, 0.25) is 0 Å². The highest BCUT2D eigenvalue weighted by Gasteiger charge is 2.19. The molecule has 3 rings (SSSR count). The number of nitrogens with zero attached hydrogens (tertiary/aromatic N) is 4. The van der Waals surface area contributed by atoms with Crippen LogP contribution in [0.1, 0.15) is 16.1 Å². The van der Waals surface area contributed by atoms with Crippen molar-refractivity contribution >= 4 is 11.7 Å². The van der Waals surface area contributed by atoms with Crippen molar-refractivity contribution in [2.45, 2.75) is 6.54 Å². The topological polar surface area (TPSA) is 80.2 Å². The summed E-state index contributed by atoms with van der Waals surface area (Å²) in [6.45, 7) is 2.98. The molecule has 22 heavy (non-hydrogen) atoms.